The second kappa shape index (κ2) is 7.64. The Balaban J connectivity index is 0.000000461. The van der Waals surface area contributed by atoms with Crippen molar-refractivity contribution in [1.29, 1.82) is 0 Å². The summed E-state index contributed by atoms with van der Waals surface area (Å²) in [6.07, 6.45) is 0. The standard InChI is InChI=1S/C16H14.C2H6.CH3F/c1-11-6-5-8-14-10-13-7-3-4-9-15(13)12(2)16(11)14;2*1-2/h3-10H,1-2H3;1-2H3;1H3. The van der Waals surface area contributed by atoms with E-state index in [2.05, 4.69) is 62.4 Å². The van der Waals surface area contributed by atoms with Gasteiger partial charge in [-0.25, -0.2) is 0 Å². The van der Waals surface area contributed by atoms with Crippen molar-refractivity contribution < 1.29 is 4.39 Å². The molecule has 0 fully saturated rings. The highest BCUT2D eigenvalue weighted by molar-refractivity contribution is 6.03. The van der Waals surface area contributed by atoms with E-state index >= 15 is 0 Å². The first-order chi connectivity index (χ1) is 9.77. The molecule has 0 aliphatic heterocycles. The van der Waals surface area contributed by atoms with Gasteiger partial charge in [0.1, 0.15) is 0 Å². The molecule has 0 aliphatic rings. The molecule has 20 heavy (non-hydrogen) atoms. The van der Waals surface area contributed by atoms with Crippen LogP contribution in [0, 0.1) is 13.8 Å². The third-order valence-corrected chi connectivity index (χ3v) is 3.36. The monoisotopic (exact) mass is 270 g/mol. The van der Waals surface area contributed by atoms with Crippen LogP contribution in [0.1, 0.15) is 25.0 Å². The summed E-state index contributed by atoms with van der Waals surface area (Å²) >= 11 is 0. The molecule has 0 N–H and O–H groups in total. The van der Waals surface area contributed by atoms with Crippen molar-refractivity contribution >= 4 is 21.5 Å². The minimum atomic E-state index is 0.500. The van der Waals surface area contributed by atoms with Gasteiger partial charge in [-0.05, 0) is 52.6 Å². The number of hydrogen-bond donors (Lipinski definition) is 0. The number of aryl methyl sites for hydroxylation is 2. The summed E-state index contributed by atoms with van der Waals surface area (Å²) in [6.45, 7) is 8.40. The normalized spacial score (nSPS) is 9.50. The number of fused-ring (bicyclic) bond motifs is 2. The first kappa shape index (κ1) is 16.2. The summed E-state index contributed by atoms with van der Waals surface area (Å²) in [7, 11) is 0.500. The molecule has 0 atom stereocenters. The molecule has 0 spiro atoms. The van der Waals surface area contributed by atoms with Crippen LogP contribution < -0.4 is 0 Å². The predicted molar refractivity (Wildman–Crippen MR) is 89.3 cm³/mol. The number of alkyl halides is 1. The lowest BCUT2D eigenvalue weighted by Crippen LogP contribution is -1.85. The Kier molecular flexibility index (Phi) is 6.17. The van der Waals surface area contributed by atoms with Crippen molar-refractivity contribution in [3.8, 4) is 0 Å². The summed E-state index contributed by atoms with van der Waals surface area (Å²) in [5.41, 5.74) is 2.76. The maximum Gasteiger partial charge on any atom is 0.0785 e. The van der Waals surface area contributed by atoms with Gasteiger partial charge >= 0.3 is 0 Å². The first-order valence-electron chi connectivity index (χ1n) is 7.03. The topological polar surface area (TPSA) is 0 Å². The largest absolute Gasteiger partial charge is 0.255 e. The molecule has 3 rings (SSSR count). The zero-order valence-electron chi connectivity index (χ0n) is 13.0. The molecule has 106 valence electrons. The maximum absolute atomic E-state index is 9.50. The Labute approximate surface area is 121 Å². The van der Waals surface area contributed by atoms with E-state index in [1.54, 1.807) is 0 Å². The second-order valence-corrected chi connectivity index (χ2v) is 4.40. The molecule has 0 aromatic heterocycles. The molecule has 0 bridgehead atoms. The molecule has 0 nitrogen and oxygen atoms in total. The number of benzene rings is 3. The Hall–Kier alpha value is -1.89. The fraction of sp³-hybridized carbons (Fsp3) is 0.263. The fourth-order valence-corrected chi connectivity index (χ4v) is 2.59. The van der Waals surface area contributed by atoms with Gasteiger partial charge in [-0.2, -0.15) is 0 Å². The van der Waals surface area contributed by atoms with Gasteiger partial charge in [0, 0.05) is 0 Å². The highest BCUT2D eigenvalue weighted by Gasteiger charge is 2.04. The molecule has 0 amide bonds. The van der Waals surface area contributed by atoms with Crippen LogP contribution in [-0.4, -0.2) is 7.18 Å². The lowest BCUT2D eigenvalue weighted by Gasteiger charge is -2.09. The van der Waals surface area contributed by atoms with Crippen molar-refractivity contribution in [3.63, 3.8) is 0 Å². The molecule has 0 saturated heterocycles. The van der Waals surface area contributed by atoms with Crippen LogP contribution in [-0.2, 0) is 0 Å². The van der Waals surface area contributed by atoms with Crippen molar-refractivity contribution in [2.24, 2.45) is 0 Å². The van der Waals surface area contributed by atoms with Gasteiger partial charge in [0.25, 0.3) is 0 Å². The number of hydrogen-bond acceptors (Lipinski definition) is 0. The van der Waals surface area contributed by atoms with E-state index in [1.807, 2.05) is 13.8 Å². The van der Waals surface area contributed by atoms with E-state index in [1.165, 1.54) is 32.7 Å². The van der Waals surface area contributed by atoms with Gasteiger partial charge in [-0.3, -0.25) is 4.39 Å². The zero-order chi connectivity index (χ0) is 15.1. The molecule has 1 heteroatoms. The van der Waals surface area contributed by atoms with E-state index in [0.29, 0.717) is 7.18 Å². The van der Waals surface area contributed by atoms with E-state index in [-0.39, 0.29) is 0 Å². The lowest BCUT2D eigenvalue weighted by molar-refractivity contribution is 0.636. The molecule has 0 heterocycles. The van der Waals surface area contributed by atoms with Crippen LogP contribution in [0.3, 0.4) is 0 Å². The highest BCUT2D eigenvalue weighted by Crippen LogP contribution is 2.29. The second-order valence-electron chi connectivity index (χ2n) is 4.40. The van der Waals surface area contributed by atoms with Crippen LogP contribution in [0.5, 0.6) is 0 Å². The number of halogens is 1. The van der Waals surface area contributed by atoms with Crippen molar-refractivity contribution in [3.05, 3.63) is 59.7 Å². The minimum absolute atomic E-state index is 0.500. The SMILES string of the molecule is CC.CF.Cc1cccc2cc3ccccc3c(C)c12. The zero-order valence-corrected chi connectivity index (χ0v) is 13.0. The van der Waals surface area contributed by atoms with Crippen LogP contribution >= 0.6 is 0 Å². The molecule has 0 saturated carbocycles. The van der Waals surface area contributed by atoms with Gasteiger partial charge in [-0.1, -0.05) is 56.3 Å². The smallest absolute Gasteiger partial charge is 0.0785 e. The third kappa shape index (κ3) is 2.98. The lowest BCUT2D eigenvalue weighted by atomic mass is 9.95. The molecular formula is C19H23F. The quantitative estimate of drug-likeness (QED) is 0.425. The van der Waals surface area contributed by atoms with E-state index in [9.17, 15) is 4.39 Å². The van der Waals surface area contributed by atoms with Gasteiger partial charge < -0.3 is 0 Å². The van der Waals surface area contributed by atoms with E-state index < -0.39 is 0 Å². The Bertz CT molecular complexity index is 684. The summed E-state index contributed by atoms with van der Waals surface area (Å²) in [4.78, 5) is 0. The number of rotatable bonds is 0. The predicted octanol–water partition coefficient (Wildman–Crippen LogP) is 6.22. The summed E-state index contributed by atoms with van der Waals surface area (Å²) in [5.74, 6) is 0. The summed E-state index contributed by atoms with van der Waals surface area (Å²) < 4.78 is 9.50. The summed E-state index contributed by atoms with van der Waals surface area (Å²) in [5, 5.41) is 5.44. The Morgan fingerprint density at radius 1 is 0.750 bits per heavy atom. The fourth-order valence-electron chi connectivity index (χ4n) is 2.59. The van der Waals surface area contributed by atoms with E-state index in [4.69, 9.17) is 0 Å². The molecule has 3 aromatic rings. The molecule has 0 unspecified atom stereocenters. The van der Waals surface area contributed by atoms with Crippen molar-refractivity contribution in [1.82, 2.24) is 0 Å². The highest BCUT2D eigenvalue weighted by atomic mass is 19.1. The third-order valence-electron chi connectivity index (χ3n) is 3.36. The van der Waals surface area contributed by atoms with Gasteiger partial charge in [0.15, 0.2) is 0 Å². The molecule has 0 radical (unpaired) electrons. The Morgan fingerprint density at radius 3 is 2.05 bits per heavy atom. The average molecular weight is 270 g/mol. The Morgan fingerprint density at radius 2 is 1.35 bits per heavy atom. The van der Waals surface area contributed by atoms with Crippen LogP contribution in [0.15, 0.2) is 48.5 Å². The molecule has 3 aromatic carbocycles. The van der Waals surface area contributed by atoms with Crippen molar-refractivity contribution in [2.45, 2.75) is 27.7 Å². The van der Waals surface area contributed by atoms with Crippen LogP contribution in [0.25, 0.3) is 21.5 Å². The summed E-state index contributed by atoms with van der Waals surface area (Å²) in [6, 6.07) is 17.4. The maximum atomic E-state index is 9.50. The first-order valence-corrected chi connectivity index (χ1v) is 7.03. The molecular weight excluding hydrogens is 247 g/mol. The van der Waals surface area contributed by atoms with Gasteiger partial charge in [0.2, 0.25) is 0 Å². The van der Waals surface area contributed by atoms with Gasteiger partial charge in [-0.15, -0.1) is 0 Å². The van der Waals surface area contributed by atoms with E-state index in [0.717, 1.165) is 0 Å². The van der Waals surface area contributed by atoms with Crippen LogP contribution in [0.4, 0.5) is 4.39 Å². The van der Waals surface area contributed by atoms with Gasteiger partial charge in [0.05, 0.1) is 7.18 Å². The van der Waals surface area contributed by atoms with Crippen molar-refractivity contribution in [2.75, 3.05) is 7.18 Å². The molecule has 0 aliphatic carbocycles. The average Bonchev–Trinajstić information content (AvgIpc) is 2.51. The van der Waals surface area contributed by atoms with Crippen LogP contribution in [0.2, 0.25) is 0 Å². The minimum Gasteiger partial charge on any atom is -0.255 e.